The number of carbonyl (C=O) groups excluding carboxylic acids is 2. The Balaban J connectivity index is 1.63. The van der Waals surface area contributed by atoms with Crippen molar-refractivity contribution >= 4 is 22.0 Å². The van der Waals surface area contributed by atoms with Crippen LogP contribution in [-0.2, 0) is 24.3 Å². The van der Waals surface area contributed by atoms with Gasteiger partial charge in [0.1, 0.15) is 17.4 Å². The summed E-state index contributed by atoms with van der Waals surface area (Å²) >= 11 is 0. The summed E-state index contributed by atoms with van der Waals surface area (Å²) in [5, 5.41) is 10.1. The third-order valence-electron chi connectivity index (χ3n) is 6.46. The standard InChI is InChI=1S/C23H33NO7S/c1-15(2)18-8-6-16(3)12-21(18)31-22(26)14-30-23(27)19-13-17(7-9-20(19)25)32(28,29)24-10-4-5-11-24/h7,9,13,15-16,18,21,25H,4-6,8,10-12,14H2,1-3H3. The number of rotatable bonds is 7. The van der Waals surface area contributed by atoms with Crippen LogP contribution >= 0.6 is 0 Å². The molecular weight excluding hydrogens is 434 g/mol. The summed E-state index contributed by atoms with van der Waals surface area (Å²) in [4.78, 5) is 24.7. The molecule has 3 unspecified atom stereocenters. The summed E-state index contributed by atoms with van der Waals surface area (Å²) in [6.45, 7) is 6.58. The molecule has 1 heterocycles. The van der Waals surface area contributed by atoms with Crippen molar-refractivity contribution in [1.29, 1.82) is 0 Å². The minimum absolute atomic E-state index is 0.0947. The lowest BCUT2D eigenvalue weighted by atomic mass is 9.75. The van der Waals surface area contributed by atoms with E-state index in [2.05, 4.69) is 20.8 Å². The highest BCUT2D eigenvalue weighted by Crippen LogP contribution is 2.35. The second-order valence-electron chi connectivity index (χ2n) is 9.22. The quantitative estimate of drug-likeness (QED) is 0.612. The average Bonchev–Trinajstić information content (AvgIpc) is 3.28. The Morgan fingerprint density at radius 3 is 2.53 bits per heavy atom. The van der Waals surface area contributed by atoms with Gasteiger partial charge < -0.3 is 14.6 Å². The molecule has 3 atom stereocenters. The first-order valence-electron chi connectivity index (χ1n) is 11.3. The number of esters is 2. The van der Waals surface area contributed by atoms with Crippen molar-refractivity contribution in [2.75, 3.05) is 19.7 Å². The molecule has 1 aromatic rings. The number of phenols is 1. The average molecular weight is 468 g/mol. The number of sulfonamides is 1. The van der Waals surface area contributed by atoms with Crippen molar-refractivity contribution in [3.63, 3.8) is 0 Å². The predicted molar refractivity (Wildman–Crippen MR) is 118 cm³/mol. The van der Waals surface area contributed by atoms with Gasteiger partial charge in [0.05, 0.1) is 4.90 Å². The van der Waals surface area contributed by atoms with Gasteiger partial charge in [0.25, 0.3) is 0 Å². The van der Waals surface area contributed by atoms with Crippen LogP contribution in [0.1, 0.15) is 63.2 Å². The monoisotopic (exact) mass is 467 g/mol. The summed E-state index contributed by atoms with van der Waals surface area (Å²) in [5.41, 5.74) is -0.301. The Morgan fingerprint density at radius 1 is 1.19 bits per heavy atom. The van der Waals surface area contributed by atoms with E-state index in [0.717, 1.165) is 44.2 Å². The summed E-state index contributed by atoms with van der Waals surface area (Å²) < 4.78 is 37.5. The van der Waals surface area contributed by atoms with Gasteiger partial charge in [-0.3, -0.25) is 0 Å². The normalized spacial score (nSPS) is 24.4. The SMILES string of the molecule is CC1CCC(C(C)C)C(OC(=O)COC(=O)c2cc(S(=O)(=O)N3CCCC3)ccc2O)C1. The molecular formula is C23H33NO7S. The van der Waals surface area contributed by atoms with Crippen LogP contribution < -0.4 is 0 Å². The van der Waals surface area contributed by atoms with Crippen molar-refractivity contribution in [2.24, 2.45) is 17.8 Å². The summed E-state index contributed by atoms with van der Waals surface area (Å²) in [6.07, 6.45) is 4.22. The lowest BCUT2D eigenvalue weighted by Gasteiger charge is -2.36. The molecule has 3 rings (SSSR count). The summed E-state index contributed by atoms with van der Waals surface area (Å²) in [7, 11) is -3.76. The van der Waals surface area contributed by atoms with E-state index in [0.29, 0.717) is 24.9 Å². The molecule has 8 nitrogen and oxygen atoms in total. The van der Waals surface area contributed by atoms with Crippen LogP contribution in [0, 0.1) is 17.8 Å². The van der Waals surface area contributed by atoms with E-state index in [9.17, 15) is 23.1 Å². The molecule has 1 aromatic carbocycles. The highest BCUT2D eigenvalue weighted by molar-refractivity contribution is 7.89. The van der Waals surface area contributed by atoms with Gasteiger partial charge in [-0.05, 0) is 61.6 Å². The minimum atomic E-state index is -3.76. The molecule has 1 aliphatic carbocycles. The molecule has 178 valence electrons. The Hall–Kier alpha value is -2.13. The predicted octanol–water partition coefficient (Wildman–Crippen LogP) is 3.34. The third-order valence-corrected chi connectivity index (χ3v) is 8.35. The van der Waals surface area contributed by atoms with Gasteiger partial charge in [0, 0.05) is 13.1 Å². The molecule has 0 radical (unpaired) electrons. The van der Waals surface area contributed by atoms with Gasteiger partial charge in [-0.15, -0.1) is 0 Å². The molecule has 2 fully saturated rings. The van der Waals surface area contributed by atoms with Crippen molar-refractivity contribution in [3.05, 3.63) is 23.8 Å². The van der Waals surface area contributed by atoms with Gasteiger partial charge in [0.15, 0.2) is 6.61 Å². The van der Waals surface area contributed by atoms with E-state index in [1.165, 1.54) is 10.4 Å². The maximum atomic E-state index is 12.7. The largest absolute Gasteiger partial charge is 0.507 e. The van der Waals surface area contributed by atoms with E-state index < -0.39 is 34.3 Å². The molecule has 1 aliphatic heterocycles. The molecule has 1 saturated carbocycles. The molecule has 0 amide bonds. The minimum Gasteiger partial charge on any atom is -0.507 e. The van der Waals surface area contributed by atoms with Crippen molar-refractivity contribution in [1.82, 2.24) is 4.31 Å². The summed E-state index contributed by atoms with van der Waals surface area (Å²) in [5.74, 6) is -0.937. The van der Waals surface area contributed by atoms with Crippen LogP contribution in [-0.4, -0.2) is 55.6 Å². The Morgan fingerprint density at radius 2 is 1.88 bits per heavy atom. The van der Waals surface area contributed by atoms with Gasteiger partial charge in [0.2, 0.25) is 10.0 Å². The molecule has 1 saturated heterocycles. The Bertz CT molecular complexity index is 938. The fraction of sp³-hybridized carbons (Fsp3) is 0.652. The van der Waals surface area contributed by atoms with Gasteiger partial charge in [-0.1, -0.05) is 27.2 Å². The number of hydrogen-bond donors (Lipinski definition) is 1. The maximum Gasteiger partial charge on any atom is 0.344 e. The molecule has 0 spiro atoms. The third kappa shape index (κ3) is 5.61. The van der Waals surface area contributed by atoms with Crippen LogP contribution in [0.5, 0.6) is 5.75 Å². The zero-order chi connectivity index (χ0) is 23.5. The van der Waals surface area contributed by atoms with E-state index >= 15 is 0 Å². The number of aromatic hydroxyl groups is 1. The molecule has 9 heteroatoms. The van der Waals surface area contributed by atoms with Crippen LogP contribution in [0.15, 0.2) is 23.1 Å². The Labute approximate surface area is 189 Å². The van der Waals surface area contributed by atoms with E-state index in [4.69, 9.17) is 9.47 Å². The first kappa shape index (κ1) is 24.5. The molecule has 32 heavy (non-hydrogen) atoms. The maximum absolute atomic E-state index is 12.7. The van der Waals surface area contributed by atoms with Crippen LogP contribution in [0.4, 0.5) is 0 Å². The zero-order valence-corrected chi connectivity index (χ0v) is 19.8. The lowest BCUT2D eigenvalue weighted by molar-refractivity contribution is -0.159. The van der Waals surface area contributed by atoms with Gasteiger partial charge >= 0.3 is 11.9 Å². The van der Waals surface area contributed by atoms with Crippen LogP contribution in [0.25, 0.3) is 0 Å². The van der Waals surface area contributed by atoms with E-state index in [-0.39, 0.29) is 22.5 Å². The topological polar surface area (TPSA) is 110 Å². The van der Waals surface area contributed by atoms with Crippen molar-refractivity contribution in [2.45, 2.75) is 63.9 Å². The second-order valence-corrected chi connectivity index (χ2v) is 11.2. The van der Waals surface area contributed by atoms with Crippen molar-refractivity contribution < 1.29 is 32.6 Å². The highest BCUT2D eigenvalue weighted by Gasteiger charge is 2.34. The summed E-state index contributed by atoms with van der Waals surface area (Å²) in [6, 6.07) is 3.49. The number of phenolic OH excluding ortho intramolecular Hbond substituents is 1. The fourth-order valence-electron chi connectivity index (χ4n) is 4.57. The first-order valence-corrected chi connectivity index (χ1v) is 12.7. The number of nitrogens with zero attached hydrogens (tertiary/aromatic N) is 1. The second kappa shape index (κ2) is 10.2. The van der Waals surface area contributed by atoms with E-state index in [1.807, 2.05) is 0 Å². The molecule has 1 N–H and O–H groups in total. The Kier molecular flexibility index (Phi) is 7.82. The highest BCUT2D eigenvalue weighted by atomic mass is 32.2. The number of benzene rings is 1. The van der Waals surface area contributed by atoms with Crippen molar-refractivity contribution in [3.8, 4) is 5.75 Å². The van der Waals surface area contributed by atoms with E-state index in [1.54, 1.807) is 0 Å². The fourth-order valence-corrected chi connectivity index (χ4v) is 6.12. The smallest absolute Gasteiger partial charge is 0.344 e. The number of ether oxygens (including phenoxy) is 2. The first-order chi connectivity index (χ1) is 15.1. The van der Waals surface area contributed by atoms with Gasteiger partial charge in [-0.25, -0.2) is 18.0 Å². The lowest BCUT2D eigenvalue weighted by Crippen LogP contribution is -2.36. The zero-order valence-electron chi connectivity index (χ0n) is 19.0. The molecule has 0 aromatic heterocycles. The van der Waals surface area contributed by atoms with Crippen LogP contribution in [0.2, 0.25) is 0 Å². The molecule has 0 bridgehead atoms. The molecule has 2 aliphatic rings. The number of hydrogen-bond acceptors (Lipinski definition) is 7. The number of carbonyl (C=O) groups is 2. The van der Waals surface area contributed by atoms with Crippen LogP contribution in [0.3, 0.4) is 0 Å². The van der Waals surface area contributed by atoms with Gasteiger partial charge in [-0.2, -0.15) is 4.31 Å².